The first-order chi connectivity index (χ1) is 14.5. The zero-order chi connectivity index (χ0) is 21.1. The molecule has 8 heteroatoms. The number of nitrogens with zero attached hydrogens (tertiary/aromatic N) is 3. The summed E-state index contributed by atoms with van der Waals surface area (Å²) < 4.78 is 5.81. The summed E-state index contributed by atoms with van der Waals surface area (Å²) in [6.45, 7) is 3.97. The number of hydrogen-bond acceptors (Lipinski definition) is 5. The van der Waals surface area contributed by atoms with Crippen molar-refractivity contribution < 1.29 is 9.84 Å². The van der Waals surface area contributed by atoms with Crippen LogP contribution in [0.1, 0.15) is 0 Å². The second kappa shape index (κ2) is 9.58. The first-order valence-corrected chi connectivity index (χ1v) is 10.9. The van der Waals surface area contributed by atoms with Crippen LogP contribution in [0, 0.1) is 0 Å². The van der Waals surface area contributed by atoms with E-state index >= 15 is 0 Å². The van der Waals surface area contributed by atoms with Crippen LogP contribution in [0.5, 0.6) is 5.75 Å². The van der Waals surface area contributed by atoms with Gasteiger partial charge in [0.05, 0.1) is 15.7 Å². The van der Waals surface area contributed by atoms with Gasteiger partial charge in [-0.15, -0.1) is 0 Å². The fourth-order valence-corrected chi connectivity index (χ4v) is 4.47. The number of anilines is 1. The van der Waals surface area contributed by atoms with Gasteiger partial charge < -0.3 is 14.7 Å². The lowest BCUT2D eigenvalue weighted by molar-refractivity contribution is 0.0663. The van der Waals surface area contributed by atoms with Gasteiger partial charge in [0.25, 0.3) is 0 Å². The molecule has 1 unspecified atom stereocenters. The molecule has 1 N–H and O–H groups in total. The molecule has 158 valence electrons. The highest BCUT2D eigenvalue weighted by atomic mass is 35.5. The Morgan fingerprint density at radius 1 is 0.933 bits per heavy atom. The Morgan fingerprint density at radius 2 is 1.60 bits per heavy atom. The Bertz CT molecular complexity index is 1010. The molecule has 2 heterocycles. The summed E-state index contributed by atoms with van der Waals surface area (Å²) in [5.74, 6) is 0.732. The highest BCUT2D eigenvalue weighted by molar-refractivity contribution is 6.38. The topological polar surface area (TPSA) is 48.8 Å². The zero-order valence-electron chi connectivity index (χ0n) is 16.3. The summed E-state index contributed by atoms with van der Waals surface area (Å²) in [7, 11) is 0. The van der Waals surface area contributed by atoms with E-state index in [1.165, 1.54) is 0 Å². The Balaban J connectivity index is 1.27. The molecule has 0 aliphatic carbocycles. The minimum Gasteiger partial charge on any atom is -0.491 e. The van der Waals surface area contributed by atoms with Crippen LogP contribution in [0.3, 0.4) is 0 Å². The smallest absolute Gasteiger partial charge is 0.120 e. The number of rotatable bonds is 6. The molecule has 4 rings (SSSR count). The van der Waals surface area contributed by atoms with Crippen LogP contribution in [0.15, 0.2) is 48.8 Å². The van der Waals surface area contributed by atoms with Gasteiger partial charge in [-0.1, -0.05) is 46.9 Å². The van der Waals surface area contributed by atoms with Gasteiger partial charge in [0.1, 0.15) is 18.5 Å². The third-order valence-electron chi connectivity index (χ3n) is 5.20. The van der Waals surface area contributed by atoms with Crippen molar-refractivity contribution in [2.24, 2.45) is 0 Å². The van der Waals surface area contributed by atoms with Gasteiger partial charge in [-0.2, -0.15) is 0 Å². The monoisotopic (exact) mass is 465 g/mol. The lowest BCUT2D eigenvalue weighted by atomic mass is 10.1. The summed E-state index contributed by atoms with van der Waals surface area (Å²) in [4.78, 5) is 8.38. The van der Waals surface area contributed by atoms with Gasteiger partial charge in [0, 0.05) is 50.1 Å². The zero-order valence-corrected chi connectivity index (χ0v) is 18.5. The summed E-state index contributed by atoms with van der Waals surface area (Å²) in [6, 6.07) is 11.6. The van der Waals surface area contributed by atoms with Crippen molar-refractivity contribution in [3.8, 4) is 5.75 Å². The van der Waals surface area contributed by atoms with Crippen LogP contribution in [-0.4, -0.2) is 60.4 Å². The van der Waals surface area contributed by atoms with E-state index in [-0.39, 0.29) is 6.61 Å². The van der Waals surface area contributed by atoms with Gasteiger partial charge in [0.2, 0.25) is 0 Å². The molecule has 0 spiro atoms. The van der Waals surface area contributed by atoms with E-state index in [0.717, 1.165) is 48.4 Å². The minimum atomic E-state index is -0.578. The number of β-amino-alcohol motifs (C(OH)–C–C–N with tert-alkyl or cyclic N) is 1. The number of pyridine rings is 1. The molecule has 2 aromatic carbocycles. The number of aliphatic hydroxyl groups excluding tert-OH is 1. The Morgan fingerprint density at radius 3 is 2.33 bits per heavy atom. The van der Waals surface area contributed by atoms with Crippen molar-refractivity contribution in [3.63, 3.8) is 0 Å². The van der Waals surface area contributed by atoms with Crippen LogP contribution in [0.4, 0.5) is 5.69 Å². The highest BCUT2D eigenvalue weighted by Crippen LogP contribution is 2.33. The standard InChI is InChI=1S/C22H22Cl3N3O2/c23-17-3-1-16-10-19(4-2-15(16)9-17)30-14-18(29)13-27-5-7-28(8-6-27)22-20(24)11-26-12-21(22)25/h1-4,9-12,18,29H,5-8,13-14H2. The second-order valence-corrected chi connectivity index (χ2v) is 8.61. The molecule has 1 aliphatic rings. The highest BCUT2D eigenvalue weighted by Gasteiger charge is 2.22. The van der Waals surface area contributed by atoms with Crippen LogP contribution < -0.4 is 9.64 Å². The molecule has 1 saturated heterocycles. The summed E-state index contributed by atoms with van der Waals surface area (Å²) in [5.41, 5.74) is 0.828. The molecule has 0 saturated carbocycles. The quantitative estimate of drug-likeness (QED) is 0.568. The first-order valence-electron chi connectivity index (χ1n) is 9.76. The van der Waals surface area contributed by atoms with Crippen molar-refractivity contribution in [3.05, 3.63) is 63.9 Å². The molecule has 1 aromatic heterocycles. The van der Waals surface area contributed by atoms with Crippen LogP contribution in [0.2, 0.25) is 15.1 Å². The van der Waals surface area contributed by atoms with Gasteiger partial charge >= 0.3 is 0 Å². The first kappa shape index (κ1) is 21.5. The molecule has 1 aliphatic heterocycles. The molecule has 0 amide bonds. The minimum absolute atomic E-state index is 0.237. The average Bonchev–Trinajstić information content (AvgIpc) is 2.73. The fraction of sp³-hybridized carbons (Fsp3) is 0.318. The van der Waals surface area contributed by atoms with E-state index in [2.05, 4.69) is 14.8 Å². The maximum Gasteiger partial charge on any atom is 0.120 e. The van der Waals surface area contributed by atoms with Crippen molar-refractivity contribution in [1.29, 1.82) is 0 Å². The molecule has 0 radical (unpaired) electrons. The maximum atomic E-state index is 10.4. The number of ether oxygens (including phenoxy) is 1. The largest absolute Gasteiger partial charge is 0.491 e. The SMILES string of the molecule is OC(COc1ccc2cc(Cl)ccc2c1)CN1CCN(c2c(Cl)cncc2Cl)CC1. The Kier molecular flexibility index (Phi) is 6.86. The third kappa shape index (κ3) is 5.10. The fourth-order valence-electron chi connectivity index (χ4n) is 3.69. The molecule has 3 aromatic rings. The normalized spacial score (nSPS) is 16.1. The lowest BCUT2D eigenvalue weighted by Crippen LogP contribution is -2.49. The van der Waals surface area contributed by atoms with Crippen molar-refractivity contribution in [1.82, 2.24) is 9.88 Å². The van der Waals surface area contributed by atoms with Crippen LogP contribution in [0.25, 0.3) is 10.8 Å². The van der Waals surface area contributed by atoms with Crippen LogP contribution in [-0.2, 0) is 0 Å². The Labute approximate surface area is 190 Å². The molecular formula is C22H22Cl3N3O2. The summed E-state index contributed by atoms with van der Waals surface area (Å²) in [5, 5.41) is 14.4. The summed E-state index contributed by atoms with van der Waals surface area (Å²) >= 11 is 18.5. The predicted octanol–water partition coefficient (Wildman–Crippen LogP) is 4.76. The number of fused-ring (bicyclic) bond motifs is 1. The van der Waals surface area contributed by atoms with Crippen LogP contribution >= 0.6 is 34.8 Å². The predicted molar refractivity (Wildman–Crippen MR) is 123 cm³/mol. The van der Waals surface area contributed by atoms with Gasteiger partial charge in [-0.05, 0) is 35.0 Å². The number of hydrogen-bond donors (Lipinski definition) is 1. The molecule has 1 fully saturated rings. The van der Waals surface area contributed by atoms with E-state index < -0.39 is 6.10 Å². The number of aromatic nitrogens is 1. The third-order valence-corrected chi connectivity index (χ3v) is 5.99. The number of benzene rings is 2. The number of aliphatic hydroxyl groups is 1. The van der Waals surface area contributed by atoms with Crippen molar-refractivity contribution in [2.45, 2.75) is 6.10 Å². The maximum absolute atomic E-state index is 10.4. The van der Waals surface area contributed by atoms with Gasteiger partial charge in [-0.3, -0.25) is 9.88 Å². The van der Waals surface area contributed by atoms with Crippen molar-refractivity contribution >= 4 is 51.3 Å². The average molecular weight is 467 g/mol. The number of piperazine rings is 1. The number of halogens is 3. The molecule has 1 atom stereocenters. The van der Waals surface area contributed by atoms with E-state index in [9.17, 15) is 5.11 Å². The Hall–Kier alpha value is -1.76. The van der Waals surface area contributed by atoms with E-state index in [1.54, 1.807) is 12.4 Å². The molecule has 5 nitrogen and oxygen atoms in total. The van der Waals surface area contributed by atoms with Crippen molar-refractivity contribution in [2.75, 3.05) is 44.2 Å². The van der Waals surface area contributed by atoms with Gasteiger partial charge in [0.15, 0.2) is 0 Å². The molecule has 0 bridgehead atoms. The van der Waals surface area contributed by atoms with E-state index in [0.29, 0.717) is 21.6 Å². The lowest BCUT2D eigenvalue weighted by Gasteiger charge is -2.37. The summed E-state index contributed by atoms with van der Waals surface area (Å²) in [6.07, 6.45) is 2.64. The molecule has 30 heavy (non-hydrogen) atoms. The molecular weight excluding hydrogens is 445 g/mol. The van der Waals surface area contributed by atoms with E-state index in [4.69, 9.17) is 39.5 Å². The van der Waals surface area contributed by atoms with E-state index in [1.807, 2.05) is 36.4 Å². The van der Waals surface area contributed by atoms with Gasteiger partial charge in [-0.25, -0.2) is 0 Å². The second-order valence-electron chi connectivity index (χ2n) is 7.36.